The first-order chi connectivity index (χ1) is 15.3. The average Bonchev–Trinajstić information content (AvgIpc) is 3.01. The molecule has 0 saturated carbocycles. The molecule has 0 fully saturated rings. The summed E-state index contributed by atoms with van der Waals surface area (Å²) in [5.41, 5.74) is 8.43. The van der Waals surface area contributed by atoms with Crippen LogP contribution in [0.2, 0.25) is 0 Å². The molecular weight excluding hydrogens is 508 g/mol. The van der Waals surface area contributed by atoms with E-state index in [4.69, 9.17) is 5.73 Å². The van der Waals surface area contributed by atoms with Crippen LogP contribution >= 0.6 is 28.7 Å². The molecular formula is C24H23BrN2O5S. The average molecular weight is 531 g/mol. The molecule has 0 saturated heterocycles. The number of phenols is 3. The summed E-state index contributed by atoms with van der Waals surface area (Å²) in [6.07, 6.45) is 2.60. The van der Waals surface area contributed by atoms with E-state index < -0.39 is 23.3 Å². The van der Waals surface area contributed by atoms with Gasteiger partial charge in [-0.3, -0.25) is 9.59 Å². The van der Waals surface area contributed by atoms with Crippen LogP contribution in [0.1, 0.15) is 33.9 Å². The van der Waals surface area contributed by atoms with Crippen LogP contribution < -0.4 is 16.5 Å². The Morgan fingerprint density at radius 3 is 2.42 bits per heavy atom. The van der Waals surface area contributed by atoms with Crippen LogP contribution in [0.15, 0.2) is 58.2 Å². The lowest BCUT2D eigenvalue weighted by Crippen LogP contribution is -2.29. The van der Waals surface area contributed by atoms with E-state index in [9.17, 15) is 24.9 Å². The molecule has 0 heterocycles. The van der Waals surface area contributed by atoms with Gasteiger partial charge in [0.2, 0.25) is 5.75 Å². The Morgan fingerprint density at radius 1 is 1.06 bits per heavy atom. The predicted molar refractivity (Wildman–Crippen MR) is 135 cm³/mol. The van der Waals surface area contributed by atoms with Crippen LogP contribution in [-0.2, 0) is 6.42 Å². The zero-order valence-electron chi connectivity index (χ0n) is 17.7. The third-order valence-electron chi connectivity index (χ3n) is 5.62. The van der Waals surface area contributed by atoms with E-state index in [1.807, 2.05) is 0 Å². The number of hydrogen-bond acceptors (Lipinski definition) is 7. The fraction of sp³-hybridized carbons (Fsp3) is 0.167. The van der Waals surface area contributed by atoms with E-state index in [1.54, 1.807) is 42.7 Å². The molecule has 1 aliphatic carbocycles. The van der Waals surface area contributed by atoms with Gasteiger partial charge in [0.15, 0.2) is 16.9 Å². The summed E-state index contributed by atoms with van der Waals surface area (Å²) < 4.78 is 0. The smallest absolute Gasteiger partial charge is 0.251 e. The minimum atomic E-state index is -0.627. The van der Waals surface area contributed by atoms with E-state index >= 15 is 0 Å². The highest BCUT2D eigenvalue weighted by Crippen LogP contribution is 2.48. The maximum Gasteiger partial charge on any atom is 0.251 e. The van der Waals surface area contributed by atoms with Gasteiger partial charge >= 0.3 is 0 Å². The van der Waals surface area contributed by atoms with Crippen molar-refractivity contribution in [2.75, 3.05) is 12.0 Å². The molecule has 6 N–H and O–H groups in total. The monoisotopic (exact) mass is 530 g/mol. The second-order valence-electron chi connectivity index (χ2n) is 7.59. The fourth-order valence-electron chi connectivity index (χ4n) is 3.99. The Balaban J connectivity index is 0.00000306. The number of hydrogen-bond donors (Lipinski definition) is 5. The zero-order valence-corrected chi connectivity index (χ0v) is 20.2. The van der Waals surface area contributed by atoms with Crippen molar-refractivity contribution in [2.45, 2.75) is 23.8 Å². The minimum Gasteiger partial charge on any atom is -0.504 e. The van der Waals surface area contributed by atoms with Crippen molar-refractivity contribution in [1.82, 2.24) is 5.32 Å². The van der Waals surface area contributed by atoms with Crippen molar-refractivity contribution in [3.63, 3.8) is 0 Å². The number of thioether (sulfide) groups is 1. The first kappa shape index (κ1) is 24.5. The molecule has 172 valence electrons. The molecule has 0 spiro atoms. The van der Waals surface area contributed by atoms with Crippen molar-refractivity contribution < 1.29 is 20.1 Å². The molecule has 1 amide bonds. The third-order valence-corrected chi connectivity index (χ3v) is 6.40. The normalized spacial score (nSPS) is 14.3. The van der Waals surface area contributed by atoms with Gasteiger partial charge in [-0.15, -0.1) is 28.7 Å². The number of anilines is 1. The fourth-order valence-corrected chi connectivity index (χ4v) is 4.45. The number of rotatable bonds is 3. The van der Waals surface area contributed by atoms with Gasteiger partial charge in [-0.1, -0.05) is 6.07 Å². The molecule has 4 rings (SSSR count). The van der Waals surface area contributed by atoms with Crippen LogP contribution in [0.3, 0.4) is 0 Å². The van der Waals surface area contributed by atoms with Crippen molar-refractivity contribution in [1.29, 1.82) is 0 Å². The number of aromatic hydroxyl groups is 3. The molecule has 0 radical (unpaired) electrons. The summed E-state index contributed by atoms with van der Waals surface area (Å²) in [4.78, 5) is 26.2. The van der Waals surface area contributed by atoms with Gasteiger partial charge in [0, 0.05) is 16.8 Å². The van der Waals surface area contributed by atoms with Gasteiger partial charge in [-0.2, -0.15) is 0 Å². The number of halogens is 1. The topological polar surface area (TPSA) is 133 Å². The summed E-state index contributed by atoms with van der Waals surface area (Å²) in [6, 6.07) is 12.2. The number of benzene rings is 2. The summed E-state index contributed by atoms with van der Waals surface area (Å²) in [5, 5.41) is 33.8. The molecule has 0 aliphatic heterocycles. The summed E-state index contributed by atoms with van der Waals surface area (Å²) in [7, 11) is 0. The number of carbonyl (C=O) groups is 1. The molecule has 0 unspecified atom stereocenters. The van der Waals surface area contributed by atoms with Crippen LogP contribution in [0.5, 0.6) is 17.2 Å². The lowest BCUT2D eigenvalue weighted by atomic mass is 9.95. The summed E-state index contributed by atoms with van der Waals surface area (Å²) in [6.45, 7) is 0. The first-order valence-corrected chi connectivity index (χ1v) is 11.2. The van der Waals surface area contributed by atoms with Gasteiger partial charge < -0.3 is 26.4 Å². The van der Waals surface area contributed by atoms with Crippen LogP contribution in [0.4, 0.5) is 5.69 Å². The predicted octanol–water partition coefficient (Wildman–Crippen LogP) is 4.13. The van der Waals surface area contributed by atoms with E-state index in [-0.39, 0.29) is 28.3 Å². The first-order valence-electron chi connectivity index (χ1n) is 9.96. The molecule has 33 heavy (non-hydrogen) atoms. The molecule has 1 atom stereocenters. The maximum absolute atomic E-state index is 12.9. The van der Waals surface area contributed by atoms with E-state index in [0.717, 1.165) is 0 Å². The SMILES string of the molecule is Br.CSc1ccc2c(cc1=O)[C@@H](NC(=O)c1ccc(N)cc1)CCc1cc(O)c(O)c(O)c1-2. The largest absolute Gasteiger partial charge is 0.504 e. The Kier molecular flexibility index (Phi) is 7.24. The minimum absolute atomic E-state index is 0. The number of phenolic OH excluding ortho intramolecular Hbond substituents is 3. The van der Waals surface area contributed by atoms with Gasteiger partial charge in [-0.25, -0.2) is 0 Å². The number of amides is 1. The highest BCUT2D eigenvalue weighted by atomic mass is 79.9. The number of fused-ring (bicyclic) bond motifs is 3. The molecule has 3 aromatic carbocycles. The van der Waals surface area contributed by atoms with Crippen LogP contribution in [-0.4, -0.2) is 27.5 Å². The second kappa shape index (κ2) is 9.76. The zero-order chi connectivity index (χ0) is 23.0. The Labute approximate surface area is 205 Å². The van der Waals surface area contributed by atoms with Crippen molar-refractivity contribution in [2.24, 2.45) is 0 Å². The summed E-state index contributed by atoms with van der Waals surface area (Å²) >= 11 is 1.29. The highest BCUT2D eigenvalue weighted by molar-refractivity contribution is 8.93. The molecule has 0 bridgehead atoms. The number of aryl methyl sites for hydroxylation is 1. The van der Waals surface area contributed by atoms with E-state index in [2.05, 4.69) is 5.32 Å². The Hall–Kier alpha value is -3.17. The van der Waals surface area contributed by atoms with Gasteiger partial charge in [0.05, 0.1) is 10.9 Å². The molecule has 1 aliphatic rings. The van der Waals surface area contributed by atoms with Crippen molar-refractivity contribution in [3.8, 4) is 28.4 Å². The van der Waals surface area contributed by atoms with Crippen molar-refractivity contribution >= 4 is 40.3 Å². The lowest BCUT2D eigenvalue weighted by molar-refractivity contribution is 0.0935. The number of nitrogens with two attached hydrogens (primary N) is 1. The lowest BCUT2D eigenvalue weighted by Gasteiger charge is -2.18. The van der Waals surface area contributed by atoms with Gasteiger partial charge in [-0.05, 0) is 78.3 Å². The molecule has 7 nitrogen and oxygen atoms in total. The molecule has 9 heteroatoms. The summed E-state index contributed by atoms with van der Waals surface area (Å²) in [5.74, 6) is -1.85. The van der Waals surface area contributed by atoms with E-state index in [1.165, 1.54) is 23.9 Å². The highest BCUT2D eigenvalue weighted by Gasteiger charge is 2.28. The Morgan fingerprint density at radius 2 is 1.76 bits per heavy atom. The maximum atomic E-state index is 12.9. The standard InChI is InChI=1S/C24H22N2O5S.BrH/c1-32-20-9-7-15-16(11-18(20)27)17(26-24(31)12-2-5-14(25)6-3-12)8-4-13-10-19(28)22(29)23(30)21(13)15;/h2-3,5-7,9-11,17,28-30H,4,8,25H2,1H3,(H,26,31);1H/t17-;/m0./s1. The van der Waals surface area contributed by atoms with E-state index in [0.29, 0.717) is 51.2 Å². The third kappa shape index (κ3) is 4.65. The number of carbonyl (C=O) groups excluding carboxylic acids is 1. The molecule has 0 aromatic heterocycles. The number of nitrogens with one attached hydrogen (secondary N) is 1. The van der Waals surface area contributed by atoms with Crippen LogP contribution in [0, 0.1) is 0 Å². The van der Waals surface area contributed by atoms with Crippen molar-refractivity contribution in [3.05, 3.63) is 75.4 Å². The Bertz CT molecular complexity index is 1280. The van der Waals surface area contributed by atoms with Gasteiger partial charge in [0.1, 0.15) is 0 Å². The van der Waals surface area contributed by atoms with Gasteiger partial charge in [0.25, 0.3) is 5.91 Å². The molecule has 3 aromatic rings. The second-order valence-corrected chi connectivity index (χ2v) is 8.44. The van der Waals surface area contributed by atoms with Crippen LogP contribution in [0.25, 0.3) is 11.1 Å². The number of nitrogen functional groups attached to an aromatic ring is 1. The quantitative estimate of drug-likeness (QED) is 0.195.